The quantitative estimate of drug-likeness (QED) is 0.488. The molecule has 0 saturated heterocycles. The highest BCUT2D eigenvalue weighted by Crippen LogP contribution is 2.30. The first-order valence-corrected chi connectivity index (χ1v) is 5.79. The van der Waals surface area contributed by atoms with E-state index >= 15 is 0 Å². The molecule has 0 atom stereocenters. The van der Waals surface area contributed by atoms with Crippen LogP contribution >= 0.6 is 0 Å². The van der Waals surface area contributed by atoms with Gasteiger partial charge in [-0.3, -0.25) is 14.9 Å². The van der Waals surface area contributed by atoms with Crippen LogP contribution in [0, 0.1) is 15.9 Å². The maximum absolute atomic E-state index is 13.7. The van der Waals surface area contributed by atoms with Crippen molar-refractivity contribution in [1.29, 1.82) is 0 Å². The van der Waals surface area contributed by atoms with Gasteiger partial charge in [0.05, 0.1) is 30.2 Å². The molecule has 0 aliphatic heterocycles. The smallest absolute Gasteiger partial charge is 0.340 e. The molecule has 1 N–H and O–H groups in total. The highest BCUT2D eigenvalue weighted by atomic mass is 19.1. The van der Waals surface area contributed by atoms with Crippen LogP contribution in [0.25, 0.3) is 0 Å². The molecule has 0 radical (unpaired) electrons. The molecule has 0 aliphatic carbocycles. The first-order chi connectivity index (χ1) is 9.81. The zero-order valence-electron chi connectivity index (χ0n) is 11.7. The van der Waals surface area contributed by atoms with Gasteiger partial charge in [-0.1, -0.05) is 0 Å². The Kier molecular flexibility index (Phi) is 5.17. The van der Waals surface area contributed by atoms with Gasteiger partial charge in [0.25, 0.3) is 5.69 Å². The lowest BCUT2D eigenvalue weighted by atomic mass is 10.1. The fourth-order valence-electron chi connectivity index (χ4n) is 1.65. The Labute approximate surface area is 119 Å². The topological polar surface area (TPSA) is 102 Å². The number of methoxy groups -OCH3 is 1. The van der Waals surface area contributed by atoms with Crippen molar-refractivity contribution < 1.29 is 23.6 Å². The Hall–Kier alpha value is -2.71. The minimum absolute atomic E-state index is 0.0644. The van der Waals surface area contributed by atoms with Gasteiger partial charge in [-0.2, -0.15) is 0 Å². The molecule has 1 rings (SSSR count). The van der Waals surface area contributed by atoms with E-state index in [0.717, 1.165) is 13.2 Å². The van der Waals surface area contributed by atoms with E-state index in [1.54, 1.807) is 0 Å². The maximum atomic E-state index is 13.7. The summed E-state index contributed by atoms with van der Waals surface area (Å²) in [5.74, 6) is -2.42. The second-order valence-electron chi connectivity index (χ2n) is 4.10. The monoisotopic (exact) mass is 299 g/mol. The molecule has 8 nitrogen and oxygen atoms in total. The van der Waals surface area contributed by atoms with Gasteiger partial charge in [0.2, 0.25) is 5.91 Å². The summed E-state index contributed by atoms with van der Waals surface area (Å²) in [6.45, 7) is -0.191. The predicted molar refractivity (Wildman–Crippen MR) is 71.7 cm³/mol. The van der Waals surface area contributed by atoms with Crippen molar-refractivity contribution >= 4 is 23.3 Å². The third-order valence-corrected chi connectivity index (χ3v) is 2.74. The number of nitrogens with one attached hydrogen (secondary N) is 1. The Bertz CT molecular complexity index is 591. The van der Waals surface area contributed by atoms with E-state index < -0.39 is 33.9 Å². The molecule has 0 spiro atoms. The molecule has 21 heavy (non-hydrogen) atoms. The number of likely N-dealkylation sites (N-methyl/N-ethyl adjacent to an activating group) is 2. The highest BCUT2D eigenvalue weighted by Gasteiger charge is 2.25. The third-order valence-electron chi connectivity index (χ3n) is 2.74. The number of hydrogen-bond acceptors (Lipinski definition) is 6. The molecule has 0 unspecified atom stereocenters. The van der Waals surface area contributed by atoms with Crippen LogP contribution in [0.5, 0.6) is 0 Å². The highest BCUT2D eigenvalue weighted by molar-refractivity contribution is 5.92. The largest absolute Gasteiger partial charge is 0.465 e. The van der Waals surface area contributed by atoms with E-state index in [2.05, 4.69) is 10.1 Å². The van der Waals surface area contributed by atoms with Crippen molar-refractivity contribution in [3.05, 3.63) is 33.6 Å². The van der Waals surface area contributed by atoms with Gasteiger partial charge < -0.3 is 15.0 Å². The van der Waals surface area contributed by atoms with E-state index in [1.165, 1.54) is 19.0 Å². The van der Waals surface area contributed by atoms with Crippen LogP contribution in [0.1, 0.15) is 10.4 Å². The average molecular weight is 299 g/mol. The lowest BCUT2D eigenvalue weighted by Gasteiger charge is -2.19. The van der Waals surface area contributed by atoms with Crippen LogP contribution < -0.4 is 10.2 Å². The number of rotatable bonds is 5. The number of nitro groups is 1. The average Bonchev–Trinajstić information content (AvgIpc) is 2.45. The standard InChI is InChI=1S/C12H14FN3O5/c1-14-11(17)6-15(2)9-4-7(12(18)21-3)8(13)5-10(9)16(19)20/h4-5H,6H2,1-3H3,(H,14,17). The van der Waals surface area contributed by atoms with Crippen molar-refractivity contribution in [2.75, 3.05) is 32.6 Å². The summed E-state index contributed by atoms with van der Waals surface area (Å²) < 4.78 is 18.1. The second-order valence-corrected chi connectivity index (χ2v) is 4.10. The van der Waals surface area contributed by atoms with Crippen molar-refractivity contribution in [3.8, 4) is 0 Å². The number of esters is 1. The Morgan fingerprint density at radius 1 is 1.48 bits per heavy atom. The summed E-state index contributed by atoms with van der Waals surface area (Å²) >= 11 is 0. The number of carbonyl (C=O) groups excluding carboxylic acids is 2. The minimum Gasteiger partial charge on any atom is -0.465 e. The van der Waals surface area contributed by atoms with Gasteiger partial charge >= 0.3 is 5.97 Å². The summed E-state index contributed by atoms with van der Waals surface area (Å²) in [6.07, 6.45) is 0. The van der Waals surface area contributed by atoms with Gasteiger partial charge in [-0.15, -0.1) is 0 Å². The molecule has 0 bridgehead atoms. The summed E-state index contributed by atoms with van der Waals surface area (Å²) in [5.41, 5.74) is -1.06. The number of amides is 1. The van der Waals surface area contributed by atoms with E-state index in [4.69, 9.17) is 0 Å². The zero-order chi connectivity index (χ0) is 16.2. The first kappa shape index (κ1) is 16.3. The molecule has 0 aromatic heterocycles. The van der Waals surface area contributed by atoms with Crippen LogP contribution in [0.15, 0.2) is 12.1 Å². The van der Waals surface area contributed by atoms with Crippen LogP contribution in [-0.4, -0.2) is 44.5 Å². The lowest BCUT2D eigenvalue weighted by Crippen LogP contribution is -2.33. The van der Waals surface area contributed by atoms with E-state index in [-0.39, 0.29) is 12.2 Å². The molecule has 114 valence electrons. The number of anilines is 1. The number of benzene rings is 1. The van der Waals surface area contributed by atoms with Gasteiger partial charge in [-0.05, 0) is 6.07 Å². The molecular weight excluding hydrogens is 285 g/mol. The molecule has 0 aliphatic rings. The molecule has 1 aromatic carbocycles. The van der Waals surface area contributed by atoms with Crippen LogP contribution in [0.4, 0.5) is 15.8 Å². The second kappa shape index (κ2) is 6.64. The fraction of sp³-hybridized carbons (Fsp3) is 0.333. The van der Waals surface area contributed by atoms with Crippen LogP contribution in [-0.2, 0) is 9.53 Å². The Morgan fingerprint density at radius 3 is 2.57 bits per heavy atom. The van der Waals surface area contributed by atoms with Crippen molar-refractivity contribution in [2.24, 2.45) is 0 Å². The lowest BCUT2D eigenvalue weighted by molar-refractivity contribution is -0.384. The van der Waals surface area contributed by atoms with Gasteiger partial charge in [0, 0.05) is 14.1 Å². The van der Waals surface area contributed by atoms with E-state index in [9.17, 15) is 24.1 Å². The summed E-state index contributed by atoms with van der Waals surface area (Å²) in [6, 6.07) is 1.62. The molecule has 1 aromatic rings. The maximum Gasteiger partial charge on any atom is 0.340 e. The fourth-order valence-corrected chi connectivity index (χ4v) is 1.65. The van der Waals surface area contributed by atoms with E-state index in [0.29, 0.717) is 6.07 Å². The number of halogens is 1. The molecule has 0 heterocycles. The zero-order valence-corrected chi connectivity index (χ0v) is 11.7. The van der Waals surface area contributed by atoms with Gasteiger partial charge in [-0.25, -0.2) is 9.18 Å². The Morgan fingerprint density at radius 2 is 2.10 bits per heavy atom. The van der Waals surface area contributed by atoms with E-state index in [1.807, 2.05) is 0 Å². The number of hydrogen-bond donors (Lipinski definition) is 1. The minimum atomic E-state index is -1.06. The number of ether oxygens (including phenoxy) is 1. The van der Waals surface area contributed by atoms with Gasteiger partial charge in [0.1, 0.15) is 11.5 Å². The molecule has 9 heteroatoms. The summed E-state index contributed by atoms with van der Waals surface area (Å²) in [4.78, 5) is 34.2. The van der Waals surface area contributed by atoms with Crippen molar-refractivity contribution in [2.45, 2.75) is 0 Å². The number of nitro benzene ring substituents is 1. The Balaban J connectivity index is 3.35. The van der Waals surface area contributed by atoms with Crippen molar-refractivity contribution in [3.63, 3.8) is 0 Å². The number of carbonyl (C=O) groups is 2. The van der Waals surface area contributed by atoms with Gasteiger partial charge in [0.15, 0.2) is 0 Å². The SMILES string of the molecule is CNC(=O)CN(C)c1cc(C(=O)OC)c(F)cc1[N+](=O)[O-]. The molecular formula is C12H14FN3O5. The van der Waals surface area contributed by atoms with Crippen LogP contribution in [0.2, 0.25) is 0 Å². The summed E-state index contributed by atoms with van der Waals surface area (Å²) in [7, 11) is 3.89. The third kappa shape index (κ3) is 3.65. The van der Waals surface area contributed by atoms with Crippen LogP contribution in [0.3, 0.4) is 0 Å². The first-order valence-electron chi connectivity index (χ1n) is 5.79. The molecule has 1 amide bonds. The molecule has 0 fully saturated rings. The predicted octanol–water partition coefficient (Wildman–Crippen LogP) is 0.703. The van der Waals surface area contributed by atoms with Crippen molar-refractivity contribution in [1.82, 2.24) is 5.32 Å². The summed E-state index contributed by atoms with van der Waals surface area (Å²) in [5, 5.41) is 13.3. The normalized spacial score (nSPS) is 9.90. The number of nitrogens with zero attached hydrogens (tertiary/aromatic N) is 2. The molecule has 0 saturated carbocycles.